The molecule has 13 aromatic rings. The Labute approximate surface area is 371 Å². The van der Waals surface area contributed by atoms with Gasteiger partial charge in [0.1, 0.15) is 0 Å². The summed E-state index contributed by atoms with van der Waals surface area (Å²) in [6.45, 7) is 0. The van der Waals surface area contributed by atoms with Crippen LogP contribution >= 0.6 is 0 Å². The van der Waals surface area contributed by atoms with E-state index in [-0.39, 0.29) is 0 Å². The molecule has 2 heterocycles. The third-order valence-corrected chi connectivity index (χ3v) is 13.3. The Hall–Kier alpha value is -8.46. The number of benzene rings is 11. The molecule has 0 aliphatic rings. The van der Waals surface area contributed by atoms with Crippen molar-refractivity contribution >= 4 is 65.2 Å². The van der Waals surface area contributed by atoms with Crippen molar-refractivity contribution in [3.05, 3.63) is 243 Å². The second-order valence-electron chi connectivity index (χ2n) is 16.8. The standard InChI is InChI=1S/C62H40N2/c1-3-17-43(18-4-1)59-53-27-15-26-48(42-35-39-46(40-36-42)64-57-31-13-9-23-51(57)52-24-10-14-32-58(52)64)62(53)60(44-19-5-2-6-20-44)54-28-16-25-47(61(54)59)41-33-37-45(38-34-41)63-55-29-11-7-21-49(55)50-22-8-12-30-56(50)63/h1-40H. The number of nitrogens with zero attached hydrogens (tertiary/aromatic N) is 2. The van der Waals surface area contributed by atoms with E-state index in [0.717, 1.165) is 11.4 Å². The van der Waals surface area contributed by atoms with E-state index in [1.165, 1.54) is 110 Å². The minimum absolute atomic E-state index is 1.15. The smallest absolute Gasteiger partial charge is 0.0541 e. The van der Waals surface area contributed by atoms with Gasteiger partial charge in [-0.3, -0.25) is 0 Å². The van der Waals surface area contributed by atoms with Crippen molar-refractivity contribution in [2.75, 3.05) is 0 Å². The maximum Gasteiger partial charge on any atom is 0.0541 e. The lowest BCUT2D eigenvalue weighted by atomic mass is 9.81. The molecule has 0 spiro atoms. The minimum Gasteiger partial charge on any atom is -0.309 e. The molecule has 11 aromatic carbocycles. The Bertz CT molecular complexity index is 3540. The zero-order valence-electron chi connectivity index (χ0n) is 35.0. The SMILES string of the molecule is c1ccc(-c2c3cccc(-c4ccc(-n5c6ccccc6c6ccccc65)cc4)c3c(-c3ccccc3)c3cccc(-c4ccc(-n5c6ccccc6c6ccccc65)cc4)c23)cc1. The van der Waals surface area contributed by atoms with Crippen LogP contribution in [0.25, 0.3) is 121 Å². The van der Waals surface area contributed by atoms with Crippen LogP contribution in [-0.2, 0) is 0 Å². The molecule has 298 valence electrons. The van der Waals surface area contributed by atoms with E-state index >= 15 is 0 Å². The summed E-state index contributed by atoms with van der Waals surface area (Å²) in [5.41, 5.74) is 16.8. The monoisotopic (exact) mass is 812 g/mol. The van der Waals surface area contributed by atoms with Crippen LogP contribution in [0.4, 0.5) is 0 Å². The lowest BCUT2D eigenvalue weighted by molar-refractivity contribution is 1.18. The average Bonchev–Trinajstić information content (AvgIpc) is 3.89. The van der Waals surface area contributed by atoms with Gasteiger partial charge in [-0.25, -0.2) is 0 Å². The average molecular weight is 813 g/mol. The maximum absolute atomic E-state index is 2.39. The second kappa shape index (κ2) is 14.6. The molecule has 0 aliphatic carbocycles. The molecule has 0 saturated heterocycles. The van der Waals surface area contributed by atoms with E-state index < -0.39 is 0 Å². The molecule has 2 nitrogen and oxygen atoms in total. The van der Waals surface area contributed by atoms with Gasteiger partial charge in [0.05, 0.1) is 22.1 Å². The molecule has 13 rings (SSSR count). The van der Waals surface area contributed by atoms with Gasteiger partial charge in [0, 0.05) is 32.9 Å². The van der Waals surface area contributed by atoms with Gasteiger partial charge in [0.25, 0.3) is 0 Å². The van der Waals surface area contributed by atoms with Gasteiger partial charge in [-0.2, -0.15) is 0 Å². The van der Waals surface area contributed by atoms with Gasteiger partial charge in [-0.05, 0) is 115 Å². The molecule has 0 radical (unpaired) electrons. The van der Waals surface area contributed by atoms with Gasteiger partial charge in [0.2, 0.25) is 0 Å². The first kappa shape index (κ1) is 36.2. The minimum atomic E-state index is 1.15. The molecule has 2 heteroatoms. The lowest BCUT2D eigenvalue weighted by Crippen LogP contribution is -1.96. The molecular weight excluding hydrogens is 773 g/mol. The van der Waals surface area contributed by atoms with Crippen molar-refractivity contribution in [3.63, 3.8) is 0 Å². The highest BCUT2D eigenvalue weighted by Gasteiger charge is 2.23. The highest BCUT2D eigenvalue weighted by Crippen LogP contribution is 2.50. The van der Waals surface area contributed by atoms with Crippen molar-refractivity contribution in [1.29, 1.82) is 0 Å². The molecule has 0 fully saturated rings. The Morgan fingerprint density at radius 3 is 0.844 bits per heavy atom. The highest BCUT2D eigenvalue weighted by atomic mass is 15.0. The Kier molecular flexibility index (Phi) is 8.25. The number of para-hydroxylation sites is 4. The first-order valence-electron chi connectivity index (χ1n) is 22.1. The molecule has 0 saturated carbocycles. The summed E-state index contributed by atoms with van der Waals surface area (Å²) in [4.78, 5) is 0. The van der Waals surface area contributed by atoms with Crippen molar-refractivity contribution in [3.8, 4) is 55.9 Å². The largest absolute Gasteiger partial charge is 0.309 e. The van der Waals surface area contributed by atoms with Gasteiger partial charge in [-0.15, -0.1) is 0 Å². The lowest BCUT2D eigenvalue weighted by Gasteiger charge is -2.22. The maximum atomic E-state index is 2.39. The van der Waals surface area contributed by atoms with E-state index in [2.05, 4.69) is 252 Å². The van der Waals surface area contributed by atoms with Crippen molar-refractivity contribution in [2.45, 2.75) is 0 Å². The Morgan fingerprint density at radius 1 is 0.203 bits per heavy atom. The number of aromatic nitrogens is 2. The molecule has 0 amide bonds. The first-order chi connectivity index (χ1) is 31.8. The van der Waals surface area contributed by atoms with E-state index in [9.17, 15) is 0 Å². The zero-order chi connectivity index (χ0) is 42.1. The van der Waals surface area contributed by atoms with Crippen LogP contribution in [-0.4, -0.2) is 9.13 Å². The van der Waals surface area contributed by atoms with Crippen molar-refractivity contribution in [2.24, 2.45) is 0 Å². The Morgan fingerprint density at radius 2 is 0.500 bits per heavy atom. The van der Waals surface area contributed by atoms with Gasteiger partial charge < -0.3 is 9.13 Å². The molecule has 0 unspecified atom stereocenters. The molecule has 0 atom stereocenters. The van der Waals surface area contributed by atoms with Gasteiger partial charge >= 0.3 is 0 Å². The fourth-order valence-corrected chi connectivity index (χ4v) is 10.6. The molecule has 2 aromatic heterocycles. The van der Waals surface area contributed by atoms with Crippen LogP contribution < -0.4 is 0 Å². The van der Waals surface area contributed by atoms with E-state index in [1.54, 1.807) is 0 Å². The normalized spacial score (nSPS) is 11.8. The summed E-state index contributed by atoms with van der Waals surface area (Å²) in [6.07, 6.45) is 0. The first-order valence-corrected chi connectivity index (χ1v) is 22.1. The van der Waals surface area contributed by atoms with Crippen LogP contribution in [0.15, 0.2) is 243 Å². The topological polar surface area (TPSA) is 9.86 Å². The van der Waals surface area contributed by atoms with Crippen LogP contribution in [0, 0.1) is 0 Å². The zero-order valence-corrected chi connectivity index (χ0v) is 35.0. The summed E-state index contributed by atoms with van der Waals surface area (Å²) >= 11 is 0. The van der Waals surface area contributed by atoms with Crippen LogP contribution in [0.5, 0.6) is 0 Å². The molecule has 0 bridgehead atoms. The third kappa shape index (κ3) is 5.53. The molecule has 0 aliphatic heterocycles. The number of fused-ring (bicyclic) bond motifs is 8. The van der Waals surface area contributed by atoms with Crippen LogP contribution in [0.3, 0.4) is 0 Å². The summed E-state index contributed by atoms with van der Waals surface area (Å²) < 4.78 is 4.79. The van der Waals surface area contributed by atoms with Crippen molar-refractivity contribution < 1.29 is 0 Å². The van der Waals surface area contributed by atoms with Crippen LogP contribution in [0.1, 0.15) is 0 Å². The van der Waals surface area contributed by atoms with Crippen molar-refractivity contribution in [1.82, 2.24) is 9.13 Å². The van der Waals surface area contributed by atoms with E-state index in [4.69, 9.17) is 0 Å². The third-order valence-electron chi connectivity index (χ3n) is 13.3. The number of hydrogen-bond acceptors (Lipinski definition) is 0. The van der Waals surface area contributed by atoms with Gasteiger partial charge in [-0.1, -0.05) is 194 Å². The highest BCUT2D eigenvalue weighted by molar-refractivity contribution is 6.27. The van der Waals surface area contributed by atoms with Gasteiger partial charge in [0.15, 0.2) is 0 Å². The van der Waals surface area contributed by atoms with E-state index in [1.807, 2.05) is 0 Å². The Balaban J connectivity index is 1.05. The fourth-order valence-electron chi connectivity index (χ4n) is 10.6. The van der Waals surface area contributed by atoms with Crippen LogP contribution in [0.2, 0.25) is 0 Å². The number of rotatable bonds is 6. The predicted molar refractivity (Wildman–Crippen MR) is 272 cm³/mol. The number of hydrogen-bond donors (Lipinski definition) is 0. The summed E-state index contributed by atoms with van der Waals surface area (Å²) in [5, 5.41) is 10.0. The summed E-state index contributed by atoms with van der Waals surface area (Å²) in [5.74, 6) is 0. The molecular formula is C62H40N2. The summed E-state index contributed by atoms with van der Waals surface area (Å²) in [6, 6.07) is 89.0. The molecule has 0 N–H and O–H groups in total. The second-order valence-corrected chi connectivity index (χ2v) is 16.8. The predicted octanol–water partition coefficient (Wildman–Crippen LogP) is 16.9. The summed E-state index contributed by atoms with van der Waals surface area (Å²) in [7, 11) is 0. The molecule has 64 heavy (non-hydrogen) atoms. The fraction of sp³-hybridized carbons (Fsp3) is 0. The quantitative estimate of drug-likeness (QED) is 0.148. The van der Waals surface area contributed by atoms with E-state index in [0.29, 0.717) is 0 Å².